The number of nitrogens with zero attached hydrogens (tertiary/aromatic N) is 3. The molecule has 25 heavy (non-hydrogen) atoms. The van der Waals surface area contributed by atoms with Crippen LogP contribution in [0.2, 0.25) is 0 Å². The Kier molecular flexibility index (Phi) is 5.11. The zero-order chi connectivity index (χ0) is 17.8. The third-order valence-electron chi connectivity index (χ3n) is 4.50. The van der Waals surface area contributed by atoms with Crippen LogP contribution in [0, 0.1) is 11.7 Å². The van der Waals surface area contributed by atoms with E-state index in [0.717, 1.165) is 12.8 Å². The molecule has 0 radical (unpaired) electrons. The fourth-order valence-corrected chi connectivity index (χ4v) is 3.17. The minimum absolute atomic E-state index is 0.121. The van der Waals surface area contributed by atoms with E-state index in [1.165, 1.54) is 12.1 Å². The maximum absolute atomic E-state index is 13.0. The van der Waals surface area contributed by atoms with Gasteiger partial charge in [-0.15, -0.1) is 0 Å². The van der Waals surface area contributed by atoms with E-state index < -0.39 is 0 Å². The molecule has 2 amide bonds. The van der Waals surface area contributed by atoms with Gasteiger partial charge in [-0.1, -0.05) is 0 Å². The fourth-order valence-electron chi connectivity index (χ4n) is 3.17. The third kappa shape index (κ3) is 4.23. The number of hydrogen-bond donors (Lipinski definition) is 1. The SMILES string of the molecule is NC(=O)CCC1CCCN(C(=O)c2ccn(-c3ccc(F)cc3)n2)C1. The molecular weight excluding hydrogens is 323 g/mol. The summed E-state index contributed by atoms with van der Waals surface area (Å²) in [5.41, 5.74) is 6.26. The van der Waals surface area contributed by atoms with E-state index in [1.807, 2.05) is 0 Å². The summed E-state index contributed by atoms with van der Waals surface area (Å²) in [7, 11) is 0. The Bertz CT molecular complexity index is 757. The first kappa shape index (κ1) is 17.1. The Hall–Kier alpha value is -2.70. The van der Waals surface area contributed by atoms with Gasteiger partial charge in [-0.2, -0.15) is 5.10 Å². The van der Waals surface area contributed by atoms with Crippen LogP contribution in [0.5, 0.6) is 0 Å². The lowest BCUT2D eigenvalue weighted by Crippen LogP contribution is -2.40. The highest BCUT2D eigenvalue weighted by molar-refractivity contribution is 5.92. The van der Waals surface area contributed by atoms with Crippen molar-refractivity contribution in [2.24, 2.45) is 11.7 Å². The third-order valence-corrected chi connectivity index (χ3v) is 4.50. The predicted octanol–water partition coefficient (Wildman–Crippen LogP) is 2.13. The molecule has 2 aromatic rings. The van der Waals surface area contributed by atoms with Gasteiger partial charge in [0.05, 0.1) is 5.69 Å². The van der Waals surface area contributed by atoms with Gasteiger partial charge in [0, 0.05) is 25.7 Å². The second kappa shape index (κ2) is 7.46. The maximum Gasteiger partial charge on any atom is 0.274 e. The summed E-state index contributed by atoms with van der Waals surface area (Å²) in [6, 6.07) is 7.59. The molecule has 2 heterocycles. The number of nitrogens with two attached hydrogens (primary N) is 1. The Morgan fingerprint density at radius 3 is 2.72 bits per heavy atom. The summed E-state index contributed by atoms with van der Waals surface area (Å²) in [6.07, 6.45) is 4.67. The summed E-state index contributed by atoms with van der Waals surface area (Å²) in [5.74, 6) is -0.446. The van der Waals surface area contributed by atoms with Crippen molar-refractivity contribution in [1.82, 2.24) is 14.7 Å². The van der Waals surface area contributed by atoms with Crippen LogP contribution >= 0.6 is 0 Å². The quantitative estimate of drug-likeness (QED) is 0.902. The van der Waals surface area contributed by atoms with Gasteiger partial charge < -0.3 is 10.6 Å². The minimum Gasteiger partial charge on any atom is -0.370 e. The fraction of sp³-hybridized carbons (Fsp3) is 0.389. The molecule has 3 rings (SSSR count). The van der Waals surface area contributed by atoms with Crippen molar-refractivity contribution in [2.75, 3.05) is 13.1 Å². The van der Waals surface area contributed by atoms with Crippen LogP contribution in [0.3, 0.4) is 0 Å². The number of carbonyl (C=O) groups is 2. The van der Waals surface area contributed by atoms with Gasteiger partial charge in [0.15, 0.2) is 5.69 Å². The summed E-state index contributed by atoms with van der Waals surface area (Å²) in [4.78, 5) is 25.4. The molecule has 1 unspecified atom stereocenters. The topological polar surface area (TPSA) is 81.2 Å². The van der Waals surface area contributed by atoms with Crippen LogP contribution in [0.15, 0.2) is 36.5 Å². The minimum atomic E-state index is -0.317. The summed E-state index contributed by atoms with van der Waals surface area (Å²) in [6.45, 7) is 1.31. The lowest BCUT2D eigenvalue weighted by molar-refractivity contribution is -0.118. The van der Waals surface area contributed by atoms with Gasteiger partial charge in [0.2, 0.25) is 5.91 Å². The van der Waals surface area contributed by atoms with Gasteiger partial charge in [-0.3, -0.25) is 9.59 Å². The highest BCUT2D eigenvalue weighted by Crippen LogP contribution is 2.22. The largest absolute Gasteiger partial charge is 0.370 e. The van der Waals surface area contributed by atoms with Crippen LogP contribution in [-0.2, 0) is 4.79 Å². The Labute approximate surface area is 145 Å². The van der Waals surface area contributed by atoms with Crippen LogP contribution in [0.25, 0.3) is 5.69 Å². The number of hydrogen-bond acceptors (Lipinski definition) is 3. The molecule has 0 bridgehead atoms. The summed E-state index contributed by atoms with van der Waals surface area (Å²) in [5, 5.41) is 4.31. The number of benzene rings is 1. The molecule has 0 spiro atoms. The van der Waals surface area contributed by atoms with Gasteiger partial charge in [-0.05, 0) is 55.5 Å². The number of carbonyl (C=O) groups excluding carboxylic acids is 2. The lowest BCUT2D eigenvalue weighted by atomic mass is 9.93. The molecule has 7 heteroatoms. The van der Waals surface area contributed by atoms with Gasteiger partial charge >= 0.3 is 0 Å². The normalized spacial score (nSPS) is 17.5. The monoisotopic (exact) mass is 344 g/mol. The molecule has 1 fully saturated rings. The first-order chi connectivity index (χ1) is 12.0. The summed E-state index contributed by atoms with van der Waals surface area (Å²) >= 11 is 0. The van der Waals surface area contributed by atoms with Crippen molar-refractivity contribution >= 4 is 11.8 Å². The summed E-state index contributed by atoms with van der Waals surface area (Å²) < 4.78 is 14.6. The standard InChI is InChI=1S/C18H21FN4O2/c19-14-4-6-15(7-5-14)23-11-9-16(21-23)18(25)22-10-1-2-13(12-22)3-8-17(20)24/h4-7,9,11,13H,1-3,8,10,12H2,(H2,20,24). The molecule has 1 aliphatic rings. The van der Waals surface area contributed by atoms with E-state index >= 15 is 0 Å². The van der Waals surface area contributed by atoms with Crippen LogP contribution in [-0.4, -0.2) is 39.6 Å². The van der Waals surface area contributed by atoms with E-state index in [1.54, 1.807) is 34.0 Å². The lowest BCUT2D eigenvalue weighted by Gasteiger charge is -2.32. The predicted molar refractivity (Wildman–Crippen MR) is 90.6 cm³/mol. The zero-order valence-electron chi connectivity index (χ0n) is 13.9. The molecular formula is C18H21FN4O2. The van der Waals surface area contributed by atoms with Crippen LogP contribution in [0.4, 0.5) is 4.39 Å². The average molecular weight is 344 g/mol. The van der Waals surface area contributed by atoms with Crippen molar-refractivity contribution < 1.29 is 14.0 Å². The second-order valence-corrected chi connectivity index (χ2v) is 6.39. The van der Waals surface area contributed by atoms with Crippen molar-refractivity contribution in [3.8, 4) is 5.69 Å². The maximum atomic E-state index is 13.0. The van der Waals surface area contributed by atoms with E-state index in [4.69, 9.17) is 5.73 Å². The van der Waals surface area contributed by atoms with E-state index in [-0.39, 0.29) is 17.6 Å². The van der Waals surface area contributed by atoms with Gasteiger partial charge in [0.25, 0.3) is 5.91 Å². The van der Waals surface area contributed by atoms with E-state index in [0.29, 0.717) is 43.2 Å². The highest BCUT2D eigenvalue weighted by Gasteiger charge is 2.26. The number of piperidine rings is 1. The van der Waals surface area contributed by atoms with Crippen LogP contribution < -0.4 is 5.73 Å². The number of halogens is 1. The Balaban J connectivity index is 1.66. The number of primary amides is 1. The van der Waals surface area contributed by atoms with Gasteiger partial charge in [-0.25, -0.2) is 9.07 Å². The number of amides is 2. The molecule has 0 saturated carbocycles. The van der Waals surface area contributed by atoms with Crippen LogP contribution in [0.1, 0.15) is 36.2 Å². The van der Waals surface area contributed by atoms with Crippen molar-refractivity contribution in [1.29, 1.82) is 0 Å². The molecule has 132 valence electrons. The first-order valence-corrected chi connectivity index (χ1v) is 8.42. The zero-order valence-corrected chi connectivity index (χ0v) is 13.9. The Morgan fingerprint density at radius 1 is 1.24 bits per heavy atom. The van der Waals surface area contributed by atoms with E-state index in [9.17, 15) is 14.0 Å². The van der Waals surface area contributed by atoms with Gasteiger partial charge in [0.1, 0.15) is 5.82 Å². The van der Waals surface area contributed by atoms with Crippen molar-refractivity contribution in [2.45, 2.75) is 25.7 Å². The molecule has 1 saturated heterocycles. The molecule has 0 aliphatic carbocycles. The second-order valence-electron chi connectivity index (χ2n) is 6.39. The number of likely N-dealkylation sites (tertiary alicyclic amines) is 1. The van der Waals surface area contributed by atoms with E-state index in [2.05, 4.69) is 5.10 Å². The molecule has 6 nitrogen and oxygen atoms in total. The van der Waals surface area contributed by atoms with Crippen molar-refractivity contribution in [3.63, 3.8) is 0 Å². The smallest absolute Gasteiger partial charge is 0.274 e. The molecule has 1 atom stereocenters. The Morgan fingerprint density at radius 2 is 2.00 bits per heavy atom. The molecule has 2 N–H and O–H groups in total. The molecule has 1 aromatic carbocycles. The number of aromatic nitrogens is 2. The molecule has 1 aromatic heterocycles. The number of rotatable bonds is 5. The highest BCUT2D eigenvalue weighted by atomic mass is 19.1. The molecule has 1 aliphatic heterocycles. The average Bonchev–Trinajstić information content (AvgIpc) is 3.10. The first-order valence-electron chi connectivity index (χ1n) is 8.42. The van der Waals surface area contributed by atoms with Crippen molar-refractivity contribution in [3.05, 3.63) is 48.0 Å².